The van der Waals surface area contributed by atoms with Crippen molar-refractivity contribution in [2.75, 3.05) is 25.4 Å². The van der Waals surface area contributed by atoms with E-state index in [1.807, 2.05) is 0 Å². The molecule has 2 unspecified atom stereocenters. The molecular formula is C11H20N4O4S. The van der Waals surface area contributed by atoms with Gasteiger partial charge in [0.05, 0.1) is 24.5 Å². The number of nitrogen functional groups attached to an aromatic ring is 1. The fourth-order valence-electron chi connectivity index (χ4n) is 2.36. The normalized spacial score (nSPS) is 25.0. The molecule has 0 saturated carbocycles. The first-order valence-electron chi connectivity index (χ1n) is 6.33. The number of aromatic nitrogens is 2. The van der Waals surface area contributed by atoms with Gasteiger partial charge in [-0.25, -0.2) is 8.42 Å². The van der Waals surface area contributed by atoms with Gasteiger partial charge >= 0.3 is 0 Å². The van der Waals surface area contributed by atoms with Gasteiger partial charge in [0.15, 0.2) is 5.82 Å². The second kappa shape index (κ2) is 5.32. The Morgan fingerprint density at radius 3 is 2.65 bits per heavy atom. The molecule has 1 saturated heterocycles. The molecule has 1 aromatic heterocycles. The number of aliphatic hydroxyl groups excluding tert-OH is 1. The van der Waals surface area contributed by atoms with Crippen molar-refractivity contribution in [3.05, 3.63) is 5.69 Å². The van der Waals surface area contributed by atoms with Crippen LogP contribution in [0, 0.1) is 6.92 Å². The minimum Gasteiger partial charge on any atom is -0.394 e. The van der Waals surface area contributed by atoms with Gasteiger partial charge in [-0.05, 0) is 13.8 Å². The molecule has 0 amide bonds. The summed E-state index contributed by atoms with van der Waals surface area (Å²) in [5, 5.41) is 13.1. The van der Waals surface area contributed by atoms with E-state index in [0.717, 1.165) is 0 Å². The highest BCUT2D eigenvalue weighted by Gasteiger charge is 2.36. The van der Waals surface area contributed by atoms with Gasteiger partial charge in [-0.15, -0.1) is 0 Å². The van der Waals surface area contributed by atoms with Crippen LogP contribution in [0.25, 0.3) is 0 Å². The molecule has 2 atom stereocenters. The smallest absolute Gasteiger partial charge is 0.248 e. The van der Waals surface area contributed by atoms with E-state index < -0.39 is 16.1 Å². The van der Waals surface area contributed by atoms with E-state index in [1.165, 1.54) is 8.99 Å². The van der Waals surface area contributed by atoms with Crippen molar-refractivity contribution in [1.82, 2.24) is 14.1 Å². The Morgan fingerprint density at radius 1 is 1.50 bits per heavy atom. The van der Waals surface area contributed by atoms with Gasteiger partial charge in [0.2, 0.25) is 10.0 Å². The minimum atomic E-state index is -3.74. The van der Waals surface area contributed by atoms with Crippen molar-refractivity contribution in [3.8, 4) is 0 Å². The van der Waals surface area contributed by atoms with Crippen molar-refractivity contribution >= 4 is 15.8 Å². The molecule has 9 heteroatoms. The maximum Gasteiger partial charge on any atom is 0.248 e. The number of ether oxygens (including phenoxy) is 1. The molecule has 0 aromatic carbocycles. The highest BCUT2D eigenvalue weighted by atomic mass is 32.2. The second-order valence-electron chi connectivity index (χ2n) is 5.00. The first-order chi connectivity index (χ1) is 9.27. The number of nitrogens with zero attached hydrogens (tertiary/aromatic N) is 3. The van der Waals surface area contributed by atoms with Gasteiger partial charge in [0.1, 0.15) is 4.90 Å². The van der Waals surface area contributed by atoms with Crippen LogP contribution in [0.15, 0.2) is 4.90 Å². The van der Waals surface area contributed by atoms with Crippen molar-refractivity contribution in [2.45, 2.75) is 31.0 Å². The lowest BCUT2D eigenvalue weighted by molar-refractivity contribution is -0.0750. The Balaban J connectivity index is 2.39. The zero-order chi connectivity index (χ0) is 15.1. The average molecular weight is 304 g/mol. The lowest BCUT2D eigenvalue weighted by atomic mass is 10.2. The van der Waals surface area contributed by atoms with Crippen LogP contribution >= 0.6 is 0 Å². The fourth-order valence-corrected chi connectivity index (χ4v) is 4.20. The van der Waals surface area contributed by atoms with Crippen LogP contribution in [0.3, 0.4) is 0 Å². The van der Waals surface area contributed by atoms with E-state index in [-0.39, 0.29) is 36.5 Å². The Morgan fingerprint density at radius 2 is 2.15 bits per heavy atom. The Labute approximate surface area is 118 Å². The number of nitrogens with two attached hydrogens (primary N) is 1. The number of anilines is 1. The van der Waals surface area contributed by atoms with Crippen LogP contribution in [0.2, 0.25) is 0 Å². The molecule has 0 bridgehead atoms. The average Bonchev–Trinajstić information content (AvgIpc) is 2.62. The Bertz CT molecular complexity index is 598. The number of morpholine rings is 1. The molecule has 114 valence electrons. The van der Waals surface area contributed by atoms with Crippen molar-refractivity contribution in [2.24, 2.45) is 7.05 Å². The van der Waals surface area contributed by atoms with Crippen LogP contribution in [0.5, 0.6) is 0 Å². The van der Waals surface area contributed by atoms with Crippen LogP contribution in [0.1, 0.15) is 12.6 Å². The summed E-state index contributed by atoms with van der Waals surface area (Å²) < 4.78 is 33.6. The highest BCUT2D eigenvalue weighted by Crippen LogP contribution is 2.27. The van der Waals surface area contributed by atoms with Crippen molar-refractivity contribution < 1.29 is 18.3 Å². The molecule has 20 heavy (non-hydrogen) atoms. The van der Waals surface area contributed by atoms with E-state index in [1.54, 1.807) is 20.9 Å². The molecule has 2 rings (SSSR count). The molecule has 2 heterocycles. The van der Waals surface area contributed by atoms with E-state index in [4.69, 9.17) is 10.5 Å². The third-order valence-electron chi connectivity index (χ3n) is 3.40. The topological polar surface area (TPSA) is 111 Å². The quantitative estimate of drug-likeness (QED) is 0.747. The predicted molar refractivity (Wildman–Crippen MR) is 72.5 cm³/mol. The molecule has 0 aliphatic carbocycles. The molecule has 0 spiro atoms. The molecule has 1 aliphatic rings. The highest BCUT2D eigenvalue weighted by molar-refractivity contribution is 7.89. The summed E-state index contributed by atoms with van der Waals surface area (Å²) in [5.41, 5.74) is 6.21. The van der Waals surface area contributed by atoms with E-state index >= 15 is 0 Å². The standard InChI is InChI=1S/C11H20N4O4S/c1-7-4-15(5-9(6-16)19-7)20(17,18)10-8(2)14(3)13-11(10)12/h7,9,16H,4-6H2,1-3H3,(H2,12,13). The third-order valence-corrected chi connectivity index (χ3v) is 5.40. The van der Waals surface area contributed by atoms with Gasteiger partial charge in [-0.2, -0.15) is 9.40 Å². The van der Waals surface area contributed by atoms with E-state index in [9.17, 15) is 13.5 Å². The number of sulfonamides is 1. The molecule has 1 fully saturated rings. The molecule has 1 aromatic rings. The monoisotopic (exact) mass is 304 g/mol. The number of aryl methyl sites for hydroxylation is 1. The molecule has 3 N–H and O–H groups in total. The van der Waals surface area contributed by atoms with Crippen molar-refractivity contribution in [3.63, 3.8) is 0 Å². The molecule has 8 nitrogen and oxygen atoms in total. The summed E-state index contributed by atoms with van der Waals surface area (Å²) in [6, 6.07) is 0. The van der Waals surface area contributed by atoms with Crippen LogP contribution in [-0.4, -0.2) is 59.5 Å². The summed E-state index contributed by atoms with van der Waals surface area (Å²) >= 11 is 0. The van der Waals surface area contributed by atoms with Crippen LogP contribution < -0.4 is 5.73 Å². The lowest BCUT2D eigenvalue weighted by Crippen LogP contribution is -2.50. The van der Waals surface area contributed by atoms with Gasteiger partial charge < -0.3 is 15.6 Å². The summed E-state index contributed by atoms with van der Waals surface area (Å²) in [6.07, 6.45) is -0.805. The fraction of sp³-hybridized carbons (Fsp3) is 0.727. The summed E-state index contributed by atoms with van der Waals surface area (Å²) in [6.45, 7) is 3.54. The van der Waals surface area contributed by atoms with E-state index in [0.29, 0.717) is 5.69 Å². The number of hydrogen-bond acceptors (Lipinski definition) is 6. The molecule has 1 aliphatic heterocycles. The first kappa shape index (κ1) is 15.2. The molecular weight excluding hydrogens is 284 g/mol. The maximum atomic E-state index is 12.7. The van der Waals surface area contributed by atoms with Crippen LogP contribution in [-0.2, 0) is 21.8 Å². The van der Waals surface area contributed by atoms with Gasteiger partial charge in [-0.1, -0.05) is 0 Å². The lowest BCUT2D eigenvalue weighted by Gasteiger charge is -2.35. The van der Waals surface area contributed by atoms with Crippen LogP contribution in [0.4, 0.5) is 5.82 Å². The second-order valence-corrected chi connectivity index (χ2v) is 6.87. The third kappa shape index (κ3) is 2.53. The predicted octanol–water partition coefficient (Wildman–Crippen LogP) is -0.919. The number of aliphatic hydroxyl groups is 1. The van der Waals surface area contributed by atoms with Gasteiger partial charge in [0.25, 0.3) is 0 Å². The van der Waals surface area contributed by atoms with Gasteiger partial charge in [-0.3, -0.25) is 4.68 Å². The Hall–Kier alpha value is -1.16. The zero-order valence-electron chi connectivity index (χ0n) is 11.8. The number of hydrogen-bond donors (Lipinski definition) is 2. The van der Waals surface area contributed by atoms with Gasteiger partial charge in [0, 0.05) is 20.1 Å². The number of rotatable bonds is 3. The summed E-state index contributed by atoms with van der Waals surface area (Å²) in [4.78, 5) is 0.0331. The maximum absolute atomic E-state index is 12.7. The minimum absolute atomic E-state index is 0.00954. The SMILES string of the molecule is Cc1c(S(=O)(=O)N2CC(C)OC(CO)C2)c(N)nn1C. The van der Waals surface area contributed by atoms with Crippen molar-refractivity contribution in [1.29, 1.82) is 0 Å². The van der Waals surface area contributed by atoms with E-state index in [2.05, 4.69) is 5.10 Å². The Kier molecular flexibility index (Phi) is 4.05. The first-order valence-corrected chi connectivity index (χ1v) is 7.77. The largest absolute Gasteiger partial charge is 0.394 e. The molecule has 0 radical (unpaired) electrons. The summed E-state index contributed by atoms with van der Waals surface area (Å²) in [5.74, 6) is -0.00954. The zero-order valence-corrected chi connectivity index (χ0v) is 12.6. The summed E-state index contributed by atoms with van der Waals surface area (Å²) in [7, 11) is -2.10.